The average Bonchev–Trinajstić information content (AvgIpc) is 2.52. The quantitative estimate of drug-likeness (QED) is 0.399. The van der Waals surface area contributed by atoms with Gasteiger partial charge in [0.05, 0.1) is 16.9 Å². The van der Waals surface area contributed by atoms with Crippen molar-refractivity contribution in [2.75, 3.05) is 5.32 Å². The third-order valence-corrected chi connectivity index (χ3v) is 3.78. The number of aromatic carboxylic acids is 1. The van der Waals surface area contributed by atoms with E-state index in [0.29, 0.717) is 33.6 Å². The van der Waals surface area contributed by atoms with Crippen LogP contribution in [0.15, 0.2) is 42.5 Å². The maximum atomic E-state index is 11.8. The Morgan fingerprint density at radius 2 is 1.74 bits per heavy atom. The molecule has 0 radical (unpaired) electrons. The number of anilines is 2. The molecule has 3 aromatic carbocycles. The highest BCUT2D eigenvalue weighted by atomic mass is 16.5. The number of carboxylic acid groups (broad SMARTS) is 1. The van der Waals surface area contributed by atoms with Crippen molar-refractivity contribution in [3.8, 4) is 23.0 Å². The Labute approximate surface area is 130 Å². The summed E-state index contributed by atoms with van der Waals surface area (Å²) in [6.07, 6.45) is 0. The molecule has 0 aliphatic carbocycles. The Balaban J connectivity index is 2.05. The minimum absolute atomic E-state index is 0.0256. The summed E-state index contributed by atoms with van der Waals surface area (Å²) in [6, 6.07) is 11.3. The van der Waals surface area contributed by atoms with Gasteiger partial charge in [-0.15, -0.1) is 0 Å². The first-order chi connectivity index (χ1) is 11.0. The van der Waals surface area contributed by atoms with E-state index in [-0.39, 0.29) is 17.1 Å². The predicted molar refractivity (Wildman–Crippen MR) is 84.0 cm³/mol. The third kappa shape index (κ3) is 1.92. The van der Waals surface area contributed by atoms with Crippen LogP contribution in [0.1, 0.15) is 10.4 Å². The largest absolute Gasteiger partial charge is 0.504 e. The maximum absolute atomic E-state index is 11.8. The summed E-state index contributed by atoms with van der Waals surface area (Å²) in [4.78, 5) is 11.8. The van der Waals surface area contributed by atoms with Gasteiger partial charge in [0.25, 0.3) is 0 Å². The van der Waals surface area contributed by atoms with E-state index in [1.807, 2.05) is 12.1 Å². The van der Waals surface area contributed by atoms with Crippen LogP contribution in [-0.2, 0) is 0 Å². The van der Waals surface area contributed by atoms with E-state index >= 15 is 0 Å². The topological polar surface area (TPSA) is 99.0 Å². The molecule has 0 fully saturated rings. The van der Waals surface area contributed by atoms with Gasteiger partial charge in [0, 0.05) is 5.39 Å². The van der Waals surface area contributed by atoms with Crippen LogP contribution in [0.5, 0.6) is 23.0 Å². The maximum Gasteiger partial charge on any atom is 0.338 e. The number of phenols is 2. The summed E-state index contributed by atoms with van der Waals surface area (Å²) in [5.41, 5.74) is 0.945. The van der Waals surface area contributed by atoms with E-state index in [9.17, 15) is 20.1 Å². The number of ether oxygens (including phenoxy) is 1. The van der Waals surface area contributed by atoms with Gasteiger partial charge in [-0.05, 0) is 35.7 Å². The molecule has 0 atom stereocenters. The molecule has 1 aliphatic heterocycles. The molecule has 0 spiro atoms. The summed E-state index contributed by atoms with van der Waals surface area (Å²) in [5, 5.41) is 32.8. The number of benzene rings is 3. The number of phenolic OH excluding ortho intramolecular Hbond substituents is 2. The van der Waals surface area contributed by atoms with Gasteiger partial charge in [-0.3, -0.25) is 0 Å². The summed E-state index contributed by atoms with van der Waals surface area (Å²) in [6.45, 7) is 0. The number of nitrogens with one attached hydrogen (secondary N) is 1. The van der Waals surface area contributed by atoms with Gasteiger partial charge in [0.2, 0.25) is 0 Å². The summed E-state index contributed by atoms with van der Waals surface area (Å²) < 4.78 is 5.78. The molecule has 6 nitrogen and oxygen atoms in total. The van der Waals surface area contributed by atoms with Crippen molar-refractivity contribution in [3.05, 3.63) is 48.0 Å². The molecule has 0 saturated carbocycles. The summed E-state index contributed by atoms with van der Waals surface area (Å²) in [5.74, 6) is -0.931. The van der Waals surface area contributed by atoms with Gasteiger partial charge in [0.1, 0.15) is 0 Å². The van der Waals surface area contributed by atoms with Gasteiger partial charge >= 0.3 is 5.97 Å². The summed E-state index contributed by atoms with van der Waals surface area (Å²) >= 11 is 0. The molecule has 6 heteroatoms. The first-order valence-corrected chi connectivity index (χ1v) is 6.84. The van der Waals surface area contributed by atoms with E-state index in [4.69, 9.17) is 4.74 Å². The Kier molecular flexibility index (Phi) is 2.62. The molecule has 4 N–H and O–H groups in total. The van der Waals surface area contributed by atoms with Gasteiger partial charge in [-0.1, -0.05) is 12.1 Å². The van der Waals surface area contributed by atoms with Gasteiger partial charge < -0.3 is 25.4 Å². The van der Waals surface area contributed by atoms with Crippen molar-refractivity contribution in [1.29, 1.82) is 0 Å². The van der Waals surface area contributed by atoms with Crippen molar-refractivity contribution in [2.24, 2.45) is 0 Å². The molecule has 1 aliphatic rings. The van der Waals surface area contributed by atoms with Crippen molar-refractivity contribution in [2.45, 2.75) is 0 Å². The second-order valence-electron chi connectivity index (χ2n) is 5.22. The molecular formula is C17H11NO5. The standard InChI is InChI=1S/C17H11NO5/c19-11-5-8-6-14-16(15(17(21)22)9(8)7-12(11)20)18-10-3-1-2-4-13(10)23-14/h1-7,18-20H,(H,21,22). The number of carbonyl (C=O) groups is 1. The van der Waals surface area contributed by atoms with Crippen molar-refractivity contribution < 1.29 is 24.9 Å². The predicted octanol–water partition coefficient (Wildman–Crippen LogP) is 3.80. The van der Waals surface area contributed by atoms with Crippen LogP contribution in [0, 0.1) is 0 Å². The lowest BCUT2D eigenvalue weighted by atomic mass is 9.99. The fourth-order valence-electron chi connectivity index (χ4n) is 2.74. The second kappa shape index (κ2) is 4.54. The molecule has 0 unspecified atom stereocenters. The molecule has 0 amide bonds. The molecule has 3 aromatic rings. The zero-order valence-electron chi connectivity index (χ0n) is 11.7. The SMILES string of the molecule is O=C(O)c1c2c(cc3cc(O)c(O)cc13)Oc1ccccc1N2. The number of hydrogen-bond donors (Lipinski definition) is 4. The summed E-state index contributed by atoms with van der Waals surface area (Å²) in [7, 11) is 0. The first kappa shape index (κ1) is 13.3. The van der Waals surface area contributed by atoms with Crippen LogP contribution in [0.3, 0.4) is 0 Å². The molecule has 0 bridgehead atoms. The smallest absolute Gasteiger partial charge is 0.338 e. The van der Waals surface area contributed by atoms with Crippen LogP contribution >= 0.6 is 0 Å². The average molecular weight is 309 g/mol. The van der Waals surface area contributed by atoms with Gasteiger partial charge in [-0.25, -0.2) is 4.79 Å². The van der Waals surface area contributed by atoms with Gasteiger partial charge in [-0.2, -0.15) is 0 Å². The molecule has 114 valence electrons. The molecule has 0 aromatic heterocycles. The Bertz CT molecular complexity index is 980. The Hall–Kier alpha value is -3.41. The zero-order chi connectivity index (χ0) is 16.1. The molecule has 0 saturated heterocycles. The molecule has 23 heavy (non-hydrogen) atoms. The van der Waals surface area contributed by atoms with E-state index in [2.05, 4.69) is 5.32 Å². The van der Waals surface area contributed by atoms with Crippen molar-refractivity contribution >= 4 is 28.1 Å². The normalized spacial score (nSPS) is 12.0. The number of carboxylic acids is 1. The van der Waals surface area contributed by atoms with Crippen LogP contribution in [0.4, 0.5) is 11.4 Å². The molecular weight excluding hydrogens is 298 g/mol. The lowest BCUT2D eigenvalue weighted by Gasteiger charge is -2.24. The highest BCUT2D eigenvalue weighted by molar-refractivity contribution is 6.12. The van der Waals surface area contributed by atoms with Crippen LogP contribution in [-0.4, -0.2) is 21.3 Å². The van der Waals surface area contributed by atoms with Crippen molar-refractivity contribution in [1.82, 2.24) is 0 Å². The van der Waals surface area contributed by atoms with Crippen LogP contribution < -0.4 is 10.1 Å². The van der Waals surface area contributed by atoms with Crippen LogP contribution in [0.25, 0.3) is 10.8 Å². The van der Waals surface area contributed by atoms with E-state index in [1.165, 1.54) is 12.1 Å². The van der Waals surface area contributed by atoms with E-state index < -0.39 is 5.97 Å². The fourth-order valence-corrected chi connectivity index (χ4v) is 2.74. The minimum atomic E-state index is -1.16. The number of fused-ring (bicyclic) bond motifs is 3. The lowest BCUT2D eigenvalue weighted by molar-refractivity contribution is 0.0699. The highest BCUT2D eigenvalue weighted by Crippen LogP contribution is 2.47. The fraction of sp³-hybridized carbons (Fsp3) is 0. The number of para-hydroxylation sites is 2. The van der Waals surface area contributed by atoms with E-state index in [1.54, 1.807) is 18.2 Å². The zero-order valence-corrected chi connectivity index (χ0v) is 11.7. The number of rotatable bonds is 1. The first-order valence-electron chi connectivity index (χ1n) is 6.84. The molecule has 1 heterocycles. The second-order valence-corrected chi connectivity index (χ2v) is 5.22. The third-order valence-electron chi connectivity index (χ3n) is 3.78. The van der Waals surface area contributed by atoms with E-state index in [0.717, 1.165) is 0 Å². The highest BCUT2D eigenvalue weighted by Gasteiger charge is 2.25. The van der Waals surface area contributed by atoms with Gasteiger partial charge in [0.15, 0.2) is 23.0 Å². The minimum Gasteiger partial charge on any atom is -0.504 e. The lowest BCUT2D eigenvalue weighted by Crippen LogP contribution is -2.09. The Morgan fingerprint density at radius 3 is 2.52 bits per heavy atom. The van der Waals surface area contributed by atoms with Crippen LogP contribution in [0.2, 0.25) is 0 Å². The monoisotopic (exact) mass is 309 g/mol. The van der Waals surface area contributed by atoms with Crippen molar-refractivity contribution in [3.63, 3.8) is 0 Å². The number of aromatic hydroxyl groups is 2. The Morgan fingerprint density at radius 1 is 1.00 bits per heavy atom. The molecule has 4 rings (SSSR count). The number of hydrogen-bond acceptors (Lipinski definition) is 5.